The van der Waals surface area contributed by atoms with Crippen LogP contribution >= 0.6 is 11.6 Å². The second kappa shape index (κ2) is 4.67. The third-order valence-corrected chi connectivity index (χ3v) is 2.49. The standard InChI is InChI=1S/C10H10ClFO4/c1-4-3-5(12)7(11)6(9(4)16-2)8(13)10(14)15/h3,8,13H,1-2H3,(H,14,15). The summed E-state index contributed by atoms with van der Waals surface area (Å²) in [6.45, 7) is 1.52. The molecule has 0 aliphatic carbocycles. The zero-order chi connectivity index (χ0) is 12.5. The predicted octanol–water partition coefficient (Wildman–Crippen LogP) is 1.91. The Kier molecular flexibility index (Phi) is 3.72. The Morgan fingerprint density at radius 2 is 2.19 bits per heavy atom. The number of halogens is 2. The first-order chi connectivity index (χ1) is 7.40. The molecule has 0 aliphatic heterocycles. The minimum atomic E-state index is -1.92. The monoisotopic (exact) mass is 248 g/mol. The number of carboxylic acids is 1. The molecule has 0 amide bonds. The summed E-state index contributed by atoms with van der Waals surface area (Å²) < 4.78 is 18.2. The summed E-state index contributed by atoms with van der Waals surface area (Å²) in [6, 6.07) is 1.11. The molecule has 4 nitrogen and oxygen atoms in total. The van der Waals surface area contributed by atoms with Crippen LogP contribution < -0.4 is 4.74 Å². The number of ether oxygens (including phenoxy) is 1. The van der Waals surface area contributed by atoms with Crippen molar-refractivity contribution in [2.24, 2.45) is 0 Å². The zero-order valence-corrected chi connectivity index (χ0v) is 9.38. The molecule has 0 heterocycles. The maximum Gasteiger partial charge on any atom is 0.337 e. The number of benzene rings is 1. The molecule has 0 bridgehead atoms. The van der Waals surface area contributed by atoms with Crippen molar-refractivity contribution >= 4 is 17.6 Å². The van der Waals surface area contributed by atoms with E-state index in [0.717, 1.165) is 6.07 Å². The van der Waals surface area contributed by atoms with Crippen molar-refractivity contribution < 1.29 is 24.1 Å². The quantitative estimate of drug-likeness (QED) is 0.858. The van der Waals surface area contributed by atoms with E-state index in [4.69, 9.17) is 21.4 Å². The van der Waals surface area contributed by atoms with Crippen LogP contribution in [0.5, 0.6) is 5.75 Å². The van der Waals surface area contributed by atoms with E-state index in [2.05, 4.69) is 0 Å². The smallest absolute Gasteiger partial charge is 0.337 e. The van der Waals surface area contributed by atoms with E-state index in [1.807, 2.05) is 0 Å². The largest absolute Gasteiger partial charge is 0.496 e. The number of methoxy groups -OCH3 is 1. The van der Waals surface area contributed by atoms with Gasteiger partial charge in [-0.05, 0) is 18.6 Å². The summed E-state index contributed by atoms with van der Waals surface area (Å²) in [4.78, 5) is 10.7. The molecule has 2 N–H and O–H groups in total. The molecule has 0 radical (unpaired) electrons. The number of rotatable bonds is 3. The van der Waals surface area contributed by atoms with Gasteiger partial charge >= 0.3 is 5.97 Å². The van der Waals surface area contributed by atoms with Crippen LogP contribution in [0.2, 0.25) is 5.02 Å². The first-order valence-electron chi connectivity index (χ1n) is 4.33. The molecule has 1 atom stereocenters. The van der Waals surface area contributed by atoms with Crippen LogP contribution in [0, 0.1) is 12.7 Å². The Labute approximate surface area is 96.2 Å². The van der Waals surface area contributed by atoms with Gasteiger partial charge in [0.1, 0.15) is 11.6 Å². The normalized spacial score (nSPS) is 12.3. The van der Waals surface area contributed by atoms with Gasteiger partial charge in [-0.15, -0.1) is 0 Å². The third kappa shape index (κ3) is 2.10. The van der Waals surface area contributed by atoms with Crippen molar-refractivity contribution in [3.05, 3.63) is 28.0 Å². The molecule has 88 valence electrons. The van der Waals surface area contributed by atoms with Crippen molar-refractivity contribution in [3.63, 3.8) is 0 Å². The van der Waals surface area contributed by atoms with E-state index in [-0.39, 0.29) is 11.3 Å². The Morgan fingerprint density at radius 3 is 2.62 bits per heavy atom. The number of hydrogen-bond acceptors (Lipinski definition) is 3. The number of hydrogen-bond donors (Lipinski definition) is 2. The lowest BCUT2D eigenvalue weighted by atomic mass is 10.0. The first-order valence-corrected chi connectivity index (χ1v) is 4.71. The van der Waals surface area contributed by atoms with Gasteiger partial charge in [0.15, 0.2) is 6.10 Å². The fourth-order valence-corrected chi connectivity index (χ4v) is 1.64. The van der Waals surface area contributed by atoms with E-state index < -0.39 is 22.9 Å². The molecule has 6 heteroatoms. The second-order valence-corrected chi connectivity index (χ2v) is 3.55. The van der Waals surface area contributed by atoms with Crippen LogP contribution in [-0.2, 0) is 4.79 Å². The number of aliphatic carboxylic acids is 1. The van der Waals surface area contributed by atoms with Gasteiger partial charge in [-0.25, -0.2) is 9.18 Å². The van der Waals surface area contributed by atoms with Crippen LogP contribution in [0.4, 0.5) is 4.39 Å². The summed E-state index contributed by atoms with van der Waals surface area (Å²) in [5.74, 6) is -2.25. The topological polar surface area (TPSA) is 66.8 Å². The van der Waals surface area contributed by atoms with Crippen molar-refractivity contribution in [2.45, 2.75) is 13.0 Å². The molecule has 0 spiro atoms. The van der Waals surface area contributed by atoms with Crippen LogP contribution in [0.3, 0.4) is 0 Å². The highest BCUT2D eigenvalue weighted by atomic mass is 35.5. The Hall–Kier alpha value is -1.33. The minimum Gasteiger partial charge on any atom is -0.496 e. The van der Waals surface area contributed by atoms with Crippen molar-refractivity contribution in [2.75, 3.05) is 7.11 Å². The Balaban J connectivity index is 3.50. The van der Waals surface area contributed by atoms with Gasteiger partial charge in [0.05, 0.1) is 17.7 Å². The molecule has 16 heavy (non-hydrogen) atoms. The van der Waals surface area contributed by atoms with Gasteiger partial charge in [0, 0.05) is 0 Å². The van der Waals surface area contributed by atoms with Crippen LogP contribution in [0.1, 0.15) is 17.2 Å². The maximum absolute atomic E-state index is 13.3. The lowest BCUT2D eigenvalue weighted by molar-refractivity contribution is -0.147. The highest BCUT2D eigenvalue weighted by molar-refractivity contribution is 6.32. The first kappa shape index (κ1) is 12.7. The lowest BCUT2D eigenvalue weighted by Gasteiger charge is -2.15. The lowest BCUT2D eigenvalue weighted by Crippen LogP contribution is -2.13. The molecule has 1 aromatic rings. The number of aliphatic hydroxyl groups excluding tert-OH is 1. The number of carbonyl (C=O) groups is 1. The fraction of sp³-hybridized carbons (Fsp3) is 0.300. The molecular formula is C10H10ClFO4. The average molecular weight is 249 g/mol. The molecule has 0 saturated heterocycles. The molecule has 0 aromatic heterocycles. The van der Waals surface area contributed by atoms with E-state index >= 15 is 0 Å². The molecule has 0 saturated carbocycles. The van der Waals surface area contributed by atoms with Crippen molar-refractivity contribution in [1.82, 2.24) is 0 Å². The second-order valence-electron chi connectivity index (χ2n) is 3.18. The van der Waals surface area contributed by atoms with Crippen LogP contribution in [0.25, 0.3) is 0 Å². The summed E-state index contributed by atoms with van der Waals surface area (Å²) in [6.07, 6.45) is -1.92. The molecule has 1 rings (SSSR count). The van der Waals surface area contributed by atoms with Gasteiger partial charge in [0.2, 0.25) is 0 Å². The van der Waals surface area contributed by atoms with Crippen LogP contribution in [0.15, 0.2) is 6.07 Å². The van der Waals surface area contributed by atoms with E-state index in [0.29, 0.717) is 5.56 Å². The van der Waals surface area contributed by atoms with E-state index in [1.165, 1.54) is 14.0 Å². The van der Waals surface area contributed by atoms with Crippen molar-refractivity contribution in [3.8, 4) is 5.75 Å². The highest BCUT2D eigenvalue weighted by Gasteiger charge is 2.27. The summed E-state index contributed by atoms with van der Waals surface area (Å²) >= 11 is 5.61. The van der Waals surface area contributed by atoms with Crippen molar-refractivity contribution in [1.29, 1.82) is 0 Å². The van der Waals surface area contributed by atoms with Crippen LogP contribution in [-0.4, -0.2) is 23.3 Å². The average Bonchev–Trinajstić information content (AvgIpc) is 2.21. The molecule has 1 aromatic carbocycles. The summed E-state index contributed by atoms with van der Waals surface area (Å²) in [7, 11) is 1.29. The van der Waals surface area contributed by atoms with Gasteiger partial charge in [-0.3, -0.25) is 0 Å². The summed E-state index contributed by atoms with van der Waals surface area (Å²) in [5, 5.41) is 17.6. The zero-order valence-electron chi connectivity index (χ0n) is 8.62. The SMILES string of the molecule is COc1c(C)cc(F)c(Cl)c1C(O)C(=O)O. The molecule has 1 unspecified atom stereocenters. The van der Waals surface area contributed by atoms with Gasteiger partial charge < -0.3 is 14.9 Å². The molecule has 0 fully saturated rings. The summed E-state index contributed by atoms with van der Waals surface area (Å²) in [5.41, 5.74) is 0.0915. The van der Waals surface area contributed by atoms with Gasteiger partial charge in [-0.1, -0.05) is 11.6 Å². The molecule has 0 aliphatic rings. The maximum atomic E-state index is 13.3. The van der Waals surface area contributed by atoms with E-state index in [9.17, 15) is 14.3 Å². The Bertz CT molecular complexity index is 433. The number of aryl methyl sites for hydroxylation is 1. The van der Waals surface area contributed by atoms with Gasteiger partial charge in [-0.2, -0.15) is 0 Å². The fourth-order valence-electron chi connectivity index (χ4n) is 1.40. The van der Waals surface area contributed by atoms with E-state index in [1.54, 1.807) is 0 Å². The molecular weight excluding hydrogens is 239 g/mol. The predicted molar refractivity (Wildman–Crippen MR) is 55.3 cm³/mol. The Morgan fingerprint density at radius 1 is 1.62 bits per heavy atom. The van der Waals surface area contributed by atoms with Gasteiger partial charge in [0.25, 0.3) is 0 Å². The minimum absolute atomic E-state index is 0.0706. The highest BCUT2D eigenvalue weighted by Crippen LogP contribution is 2.36. The number of aliphatic hydroxyl groups is 1. The number of carboxylic acid groups (broad SMARTS) is 1. The third-order valence-electron chi connectivity index (χ3n) is 2.10.